The number of rotatable bonds is 6. The summed E-state index contributed by atoms with van der Waals surface area (Å²) >= 11 is 3.42. The molecule has 1 unspecified atom stereocenters. The van der Waals surface area contributed by atoms with Crippen molar-refractivity contribution in [2.45, 2.75) is 32.5 Å². The summed E-state index contributed by atoms with van der Waals surface area (Å²) in [6.07, 6.45) is 4.11. The van der Waals surface area contributed by atoms with Crippen LogP contribution in [0.1, 0.15) is 34.7 Å². The van der Waals surface area contributed by atoms with Gasteiger partial charge < -0.3 is 10.2 Å². The van der Waals surface area contributed by atoms with Gasteiger partial charge in [-0.1, -0.05) is 60.7 Å². The Labute approximate surface area is 240 Å². The van der Waals surface area contributed by atoms with Crippen molar-refractivity contribution >= 4 is 33.6 Å². The molecule has 1 aromatic heterocycles. The van der Waals surface area contributed by atoms with Crippen molar-refractivity contribution in [2.24, 2.45) is 0 Å². The van der Waals surface area contributed by atoms with Crippen LogP contribution in [0.2, 0.25) is 0 Å². The van der Waals surface area contributed by atoms with Crippen LogP contribution in [0.3, 0.4) is 0 Å². The lowest BCUT2D eigenvalue weighted by Gasteiger charge is -2.42. The Morgan fingerprint density at radius 3 is 2.45 bits per heavy atom. The fraction of sp³-hybridized carbons (Fsp3) is 0.194. The fourth-order valence-electron chi connectivity index (χ4n) is 5.30. The predicted octanol–water partition coefficient (Wildman–Crippen LogP) is 6.10. The molecule has 0 fully saturated rings. The average molecular weight is 600 g/mol. The van der Waals surface area contributed by atoms with Gasteiger partial charge in [0.25, 0.3) is 5.91 Å². The van der Waals surface area contributed by atoms with Crippen LogP contribution >= 0.6 is 15.9 Å². The summed E-state index contributed by atoms with van der Waals surface area (Å²) in [5.41, 5.74) is 4.87. The lowest BCUT2D eigenvalue weighted by Crippen LogP contribution is -2.53. The largest absolute Gasteiger partial charge is 0.334 e. The Morgan fingerprint density at radius 2 is 1.75 bits per heavy atom. The molecule has 1 N–H and O–H groups in total. The summed E-state index contributed by atoms with van der Waals surface area (Å²) in [6, 6.07) is 21.4. The second-order valence-corrected chi connectivity index (χ2v) is 11.0. The van der Waals surface area contributed by atoms with E-state index < -0.39 is 11.9 Å². The van der Waals surface area contributed by atoms with Crippen molar-refractivity contribution < 1.29 is 14.0 Å². The highest BCUT2D eigenvalue weighted by Gasteiger charge is 2.42. The molecule has 0 saturated heterocycles. The number of urea groups is 1. The Morgan fingerprint density at radius 1 is 1.00 bits per heavy atom. The molecule has 0 radical (unpaired) electrons. The zero-order valence-corrected chi connectivity index (χ0v) is 23.4. The molecule has 0 saturated carbocycles. The highest BCUT2D eigenvalue weighted by Crippen LogP contribution is 2.39. The smallest absolute Gasteiger partial charge is 0.327 e. The number of benzene rings is 3. The van der Waals surface area contributed by atoms with E-state index in [4.69, 9.17) is 0 Å². The molecule has 2 aliphatic rings. The first-order chi connectivity index (χ1) is 19.4. The van der Waals surface area contributed by atoms with Crippen LogP contribution in [0.25, 0.3) is 0 Å². The van der Waals surface area contributed by atoms with Gasteiger partial charge in [0, 0.05) is 31.4 Å². The number of halogens is 2. The summed E-state index contributed by atoms with van der Waals surface area (Å²) in [6.45, 7) is 3.19. The molecule has 0 spiro atoms. The van der Waals surface area contributed by atoms with E-state index in [1.54, 1.807) is 25.3 Å². The minimum Gasteiger partial charge on any atom is -0.334 e. The number of hydrogen-bond donors (Lipinski definition) is 1. The van der Waals surface area contributed by atoms with Crippen molar-refractivity contribution in [3.05, 3.63) is 129 Å². The number of aromatic nitrogens is 2. The number of hydrogen-bond acceptors (Lipinski definition) is 3. The number of anilines is 1. The van der Waals surface area contributed by atoms with Gasteiger partial charge in [-0.3, -0.25) is 14.4 Å². The molecule has 9 heteroatoms. The van der Waals surface area contributed by atoms with Crippen LogP contribution in [-0.2, 0) is 17.9 Å². The van der Waals surface area contributed by atoms with Gasteiger partial charge in [-0.2, -0.15) is 5.10 Å². The van der Waals surface area contributed by atoms with Crippen molar-refractivity contribution in [1.82, 2.24) is 20.0 Å². The van der Waals surface area contributed by atoms with E-state index in [0.717, 1.165) is 21.2 Å². The monoisotopic (exact) mass is 599 g/mol. The van der Waals surface area contributed by atoms with Gasteiger partial charge in [-0.05, 0) is 57.2 Å². The summed E-state index contributed by atoms with van der Waals surface area (Å²) in [5.74, 6) is -0.541. The lowest BCUT2D eigenvalue weighted by molar-refractivity contribution is -0.129. The summed E-state index contributed by atoms with van der Waals surface area (Å²) in [4.78, 5) is 30.9. The molecule has 0 aliphatic carbocycles. The first-order valence-corrected chi connectivity index (χ1v) is 13.9. The Kier molecular flexibility index (Phi) is 6.98. The maximum Gasteiger partial charge on any atom is 0.327 e. The minimum atomic E-state index is -0.631. The van der Waals surface area contributed by atoms with Crippen LogP contribution < -0.4 is 10.2 Å². The fourth-order valence-corrected chi connectivity index (χ4v) is 5.63. The molecule has 4 aromatic rings. The molecule has 202 valence electrons. The molecule has 2 aliphatic heterocycles. The molecule has 6 rings (SSSR count). The molecule has 3 heterocycles. The lowest BCUT2D eigenvalue weighted by atomic mass is 9.89. The zero-order chi connectivity index (χ0) is 27.8. The highest BCUT2D eigenvalue weighted by molar-refractivity contribution is 9.10. The van der Waals surface area contributed by atoms with Crippen molar-refractivity contribution in [3.8, 4) is 0 Å². The summed E-state index contributed by atoms with van der Waals surface area (Å²) in [7, 11) is 0. The van der Waals surface area contributed by atoms with Crippen LogP contribution in [0, 0.1) is 12.7 Å². The third-order valence-electron chi connectivity index (χ3n) is 7.37. The maximum atomic E-state index is 14.5. The Bertz CT molecular complexity index is 1620. The van der Waals surface area contributed by atoms with Crippen molar-refractivity contribution in [2.75, 3.05) is 11.4 Å². The van der Waals surface area contributed by atoms with Gasteiger partial charge in [0.1, 0.15) is 5.82 Å². The molecule has 40 heavy (non-hydrogen) atoms. The van der Waals surface area contributed by atoms with Gasteiger partial charge in [0.15, 0.2) is 0 Å². The van der Waals surface area contributed by atoms with Gasteiger partial charge in [0.2, 0.25) is 0 Å². The molecule has 3 aromatic carbocycles. The van der Waals surface area contributed by atoms with E-state index in [1.807, 2.05) is 70.4 Å². The number of nitrogens with zero attached hydrogens (tertiary/aromatic N) is 4. The second-order valence-electron chi connectivity index (χ2n) is 10.1. The van der Waals surface area contributed by atoms with Crippen LogP contribution in [0.4, 0.5) is 14.9 Å². The number of nitrogens with one attached hydrogen (secondary N) is 1. The summed E-state index contributed by atoms with van der Waals surface area (Å²) in [5, 5.41) is 7.35. The zero-order valence-electron chi connectivity index (χ0n) is 21.8. The molecular weight excluding hydrogens is 573 g/mol. The Balaban J connectivity index is 1.37. The van der Waals surface area contributed by atoms with Crippen LogP contribution in [0.15, 0.2) is 101 Å². The third-order valence-corrected chi connectivity index (χ3v) is 7.78. The van der Waals surface area contributed by atoms with Crippen LogP contribution in [0.5, 0.6) is 0 Å². The van der Waals surface area contributed by atoms with E-state index >= 15 is 0 Å². The number of aryl methyl sites for hydroxylation is 1. The SMILES string of the molecule is Cc1ccc(N2C(=O)NC(c3ccc(Cn4cc(Br)cn4)cc3)C3=C2CCN(Cc2ccccc2)C3=O)cc1F. The summed E-state index contributed by atoms with van der Waals surface area (Å²) < 4.78 is 17.3. The normalized spacial score (nSPS) is 17.2. The Hall–Kier alpha value is -4.24. The topological polar surface area (TPSA) is 70.5 Å². The van der Waals surface area contributed by atoms with Gasteiger partial charge in [-0.25, -0.2) is 9.18 Å². The van der Waals surface area contributed by atoms with Gasteiger partial charge >= 0.3 is 6.03 Å². The van der Waals surface area contributed by atoms with E-state index in [9.17, 15) is 14.0 Å². The van der Waals surface area contributed by atoms with Crippen LogP contribution in [-0.4, -0.2) is 33.2 Å². The van der Waals surface area contributed by atoms with E-state index in [0.29, 0.717) is 48.6 Å². The number of carbonyl (C=O) groups is 2. The maximum absolute atomic E-state index is 14.5. The van der Waals surface area contributed by atoms with Gasteiger partial charge in [0.05, 0.1) is 34.5 Å². The van der Waals surface area contributed by atoms with Crippen molar-refractivity contribution in [1.29, 1.82) is 0 Å². The highest BCUT2D eigenvalue weighted by atomic mass is 79.9. The van der Waals surface area contributed by atoms with E-state index in [-0.39, 0.29) is 11.9 Å². The first-order valence-electron chi connectivity index (χ1n) is 13.1. The molecule has 3 amide bonds. The number of carbonyl (C=O) groups excluding carboxylic acids is 2. The number of amides is 3. The third kappa shape index (κ3) is 5.04. The quantitative estimate of drug-likeness (QED) is 0.291. The molecule has 7 nitrogen and oxygen atoms in total. The average Bonchev–Trinajstić information content (AvgIpc) is 3.36. The van der Waals surface area contributed by atoms with E-state index in [1.165, 1.54) is 11.0 Å². The molecule has 0 bridgehead atoms. The van der Waals surface area contributed by atoms with E-state index in [2.05, 4.69) is 26.3 Å². The standard InChI is InChI=1S/C31H27BrFN5O2/c1-20-7-12-25(15-26(20)33)38-27-13-14-36(17-21-5-3-2-4-6-21)30(39)28(27)29(35-31(38)40)23-10-8-22(9-11-23)18-37-19-24(32)16-34-37/h2-12,15-16,19,29H,13-14,17-18H2,1H3,(H,35,40). The first kappa shape index (κ1) is 26.0. The molecular formula is C31H27BrFN5O2. The predicted molar refractivity (Wildman–Crippen MR) is 154 cm³/mol. The minimum absolute atomic E-state index is 0.141. The second kappa shape index (κ2) is 10.7. The van der Waals surface area contributed by atoms with Crippen molar-refractivity contribution in [3.63, 3.8) is 0 Å². The van der Waals surface area contributed by atoms with Gasteiger partial charge in [-0.15, -0.1) is 0 Å². The molecule has 1 atom stereocenters.